The molecule has 0 unspecified atom stereocenters. The van der Waals surface area contributed by atoms with Gasteiger partial charge in [0.05, 0.1) is 14.2 Å². The molecule has 0 radical (unpaired) electrons. The van der Waals surface area contributed by atoms with Crippen LogP contribution in [-0.2, 0) is 0 Å². The van der Waals surface area contributed by atoms with Crippen LogP contribution in [-0.4, -0.2) is 30.1 Å². The van der Waals surface area contributed by atoms with Crippen molar-refractivity contribution in [1.29, 1.82) is 0 Å². The van der Waals surface area contributed by atoms with Crippen LogP contribution in [0.3, 0.4) is 0 Å². The molecule has 0 atom stereocenters. The Labute approximate surface area is 170 Å². The van der Waals surface area contributed by atoms with E-state index in [-0.39, 0.29) is 11.6 Å². The van der Waals surface area contributed by atoms with Crippen LogP contribution in [0.15, 0.2) is 42.6 Å². The second-order valence-corrected chi connectivity index (χ2v) is 6.69. The maximum absolute atomic E-state index is 12.7. The van der Waals surface area contributed by atoms with E-state index in [2.05, 4.69) is 20.6 Å². The highest BCUT2D eigenvalue weighted by Crippen LogP contribution is 2.30. The van der Waals surface area contributed by atoms with E-state index >= 15 is 0 Å². The Balaban J connectivity index is 1.80. The van der Waals surface area contributed by atoms with Crippen LogP contribution < -0.4 is 20.1 Å². The molecule has 7 heteroatoms. The molecule has 0 saturated carbocycles. The third kappa shape index (κ3) is 4.63. The zero-order valence-corrected chi connectivity index (χ0v) is 17.2. The molecule has 29 heavy (non-hydrogen) atoms. The van der Waals surface area contributed by atoms with Gasteiger partial charge in [-0.3, -0.25) is 4.79 Å². The summed E-state index contributed by atoms with van der Waals surface area (Å²) in [6, 6.07) is 11.0. The lowest BCUT2D eigenvalue weighted by atomic mass is 10.1. The predicted octanol–water partition coefficient (Wildman–Crippen LogP) is 4.41. The first-order chi connectivity index (χ1) is 13.9. The molecule has 7 nitrogen and oxygen atoms in total. The average molecular weight is 392 g/mol. The van der Waals surface area contributed by atoms with Crippen molar-refractivity contribution >= 4 is 23.2 Å². The second kappa shape index (κ2) is 8.60. The maximum atomic E-state index is 12.7. The fraction of sp³-hybridized carbons (Fsp3) is 0.227. The zero-order valence-electron chi connectivity index (χ0n) is 17.2. The minimum Gasteiger partial charge on any atom is -0.493 e. The summed E-state index contributed by atoms with van der Waals surface area (Å²) >= 11 is 0. The van der Waals surface area contributed by atoms with Crippen molar-refractivity contribution in [3.63, 3.8) is 0 Å². The first-order valence-electron chi connectivity index (χ1n) is 9.12. The summed E-state index contributed by atoms with van der Waals surface area (Å²) in [5.41, 5.74) is 4.95. The lowest BCUT2D eigenvalue weighted by Gasteiger charge is -2.13. The Bertz CT molecular complexity index is 1030. The van der Waals surface area contributed by atoms with Gasteiger partial charge >= 0.3 is 0 Å². The van der Waals surface area contributed by atoms with Crippen molar-refractivity contribution in [2.45, 2.75) is 20.8 Å². The van der Waals surface area contributed by atoms with Crippen LogP contribution in [0.5, 0.6) is 11.5 Å². The molecule has 0 aliphatic rings. The minimum absolute atomic E-state index is 0.266. The number of ether oxygens (including phenoxy) is 2. The Morgan fingerprint density at radius 1 is 0.931 bits per heavy atom. The number of hydrogen-bond donors (Lipinski definition) is 2. The number of hydrogen-bond acceptors (Lipinski definition) is 6. The SMILES string of the molecule is COc1ccc(Nc2nccc(C(=O)Nc3c(C)cc(C)cc3C)n2)cc1OC. The minimum atomic E-state index is -0.294. The second-order valence-electron chi connectivity index (χ2n) is 6.69. The summed E-state index contributed by atoms with van der Waals surface area (Å²) in [6.45, 7) is 5.97. The van der Waals surface area contributed by atoms with Gasteiger partial charge in [-0.1, -0.05) is 17.7 Å². The van der Waals surface area contributed by atoms with E-state index in [0.717, 1.165) is 22.4 Å². The van der Waals surface area contributed by atoms with Crippen LogP contribution >= 0.6 is 0 Å². The molecule has 0 aliphatic carbocycles. The van der Waals surface area contributed by atoms with Crippen molar-refractivity contribution in [2.24, 2.45) is 0 Å². The number of nitrogens with zero attached hydrogens (tertiary/aromatic N) is 2. The molecule has 0 fully saturated rings. The van der Waals surface area contributed by atoms with Gasteiger partial charge in [-0.25, -0.2) is 9.97 Å². The van der Waals surface area contributed by atoms with E-state index in [1.807, 2.05) is 39.0 Å². The first kappa shape index (κ1) is 20.1. The highest BCUT2D eigenvalue weighted by Gasteiger charge is 2.13. The molecule has 1 heterocycles. The van der Waals surface area contributed by atoms with Crippen molar-refractivity contribution in [3.05, 3.63) is 65.0 Å². The van der Waals surface area contributed by atoms with E-state index in [4.69, 9.17) is 9.47 Å². The number of carbonyl (C=O) groups excluding carboxylic acids is 1. The number of benzene rings is 2. The van der Waals surface area contributed by atoms with Gasteiger partial charge in [0.25, 0.3) is 5.91 Å². The fourth-order valence-corrected chi connectivity index (χ4v) is 3.14. The van der Waals surface area contributed by atoms with Gasteiger partial charge in [-0.2, -0.15) is 0 Å². The standard InChI is InChI=1S/C22H24N4O3/c1-13-10-14(2)20(15(3)11-13)26-21(27)17-8-9-23-22(25-17)24-16-6-7-18(28-4)19(12-16)29-5/h6-12H,1-5H3,(H,26,27)(H,23,24,25). The zero-order chi connectivity index (χ0) is 21.0. The summed E-state index contributed by atoms with van der Waals surface area (Å²) in [5.74, 6) is 1.22. The summed E-state index contributed by atoms with van der Waals surface area (Å²) < 4.78 is 10.5. The van der Waals surface area contributed by atoms with Crippen LogP contribution in [0.2, 0.25) is 0 Å². The topological polar surface area (TPSA) is 85.4 Å². The van der Waals surface area contributed by atoms with Gasteiger partial charge in [-0.15, -0.1) is 0 Å². The third-order valence-corrected chi connectivity index (χ3v) is 4.44. The normalized spacial score (nSPS) is 10.4. The van der Waals surface area contributed by atoms with Gasteiger partial charge in [-0.05, 0) is 50.1 Å². The van der Waals surface area contributed by atoms with Crippen molar-refractivity contribution in [1.82, 2.24) is 9.97 Å². The summed E-state index contributed by atoms with van der Waals surface area (Å²) in [5, 5.41) is 6.03. The summed E-state index contributed by atoms with van der Waals surface area (Å²) in [6.07, 6.45) is 1.54. The number of anilines is 3. The Morgan fingerprint density at radius 3 is 2.28 bits per heavy atom. The van der Waals surface area contributed by atoms with E-state index in [1.165, 1.54) is 0 Å². The van der Waals surface area contributed by atoms with Gasteiger partial charge in [0.2, 0.25) is 5.95 Å². The summed E-state index contributed by atoms with van der Waals surface area (Å²) in [7, 11) is 3.14. The van der Waals surface area contributed by atoms with Crippen molar-refractivity contribution in [3.8, 4) is 11.5 Å². The monoisotopic (exact) mass is 392 g/mol. The third-order valence-electron chi connectivity index (χ3n) is 4.44. The molecule has 2 N–H and O–H groups in total. The number of aryl methyl sites for hydroxylation is 3. The molecule has 150 valence electrons. The Morgan fingerprint density at radius 2 is 1.62 bits per heavy atom. The largest absolute Gasteiger partial charge is 0.493 e. The van der Waals surface area contributed by atoms with E-state index in [1.54, 1.807) is 38.6 Å². The molecular formula is C22H24N4O3. The fourth-order valence-electron chi connectivity index (χ4n) is 3.14. The average Bonchev–Trinajstić information content (AvgIpc) is 2.70. The smallest absolute Gasteiger partial charge is 0.274 e. The van der Waals surface area contributed by atoms with E-state index < -0.39 is 0 Å². The summed E-state index contributed by atoms with van der Waals surface area (Å²) in [4.78, 5) is 21.3. The van der Waals surface area contributed by atoms with E-state index in [0.29, 0.717) is 23.1 Å². The number of amides is 1. The maximum Gasteiger partial charge on any atom is 0.274 e. The predicted molar refractivity (Wildman–Crippen MR) is 113 cm³/mol. The Kier molecular flexibility index (Phi) is 5.97. The molecule has 0 bridgehead atoms. The number of methoxy groups -OCH3 is 2. The number of rotatable bonds is 6. The van der Waals surface area contributed by atoms with Crippen LogP contribution in [0, 0.1) is 20.8 Å². The van der Waals surface area contributed by atoms with Crippen LogP contribution in [0.25, 0.3) is 0 Å². The van der Waals surface area contributed by atoms with Crippen LogP contribution in [0.4, 0.5) is 17.3 Å². The highest BCUT2D eigenvalue weighted by molar-refractivity contribution is 6.03. The molecule has 1 aromatic heterocycles. The molecular weight excluding hydrogens is 368 g/mol. The number of carbonyl (C=O) groups is 1. The number of aromatic nitrogens is 2. The molecule has 1 amide bonds. The van der Waals surface area contributed by atoms with Crippen molar-refractivity contribution < 1.29 is 14.3 Å². The molecule has 0 aliphatic heterocycles. The van der Waals surface area contributed by atoms with Gasteiger partial charge < -0.3 is 20.1 Å². The first-order valence-corrected chi connectivity index (χ1v) is 9.12. The number of nitrogens with one attached hydrogen (secondary N) is 2. The lowest BCUT2D eigenvalue weighted by molar-refractivity contribution is 0.102. The molecule has 0 spiro atoms. The Hall–Kier alpha value is -3.61. The molecule has 3 aromatic rings. The molecule has 3 rings (SSSR count). The lowest BCUT2D eigenvalue weighted by Crippen LogP contribution is -2.16. The van der Waals surface area contributed by atoms with Gasteiger partial charge in [0.15, 0.2) is 11.5 Å². The molecule has 0 saturated heterocycles. The van der Waals surface area contributed by atoms with Crippen LogP contribution in [0.1, 0.15) is 27.2 Å². The highest BCUT2D eigenvalue weighted by atomic mass is 16.5. The van der Waals surface area contributed by atoms with Gasteiger partial charge in [0, 0.05) is 23.6 Å². The van der Waals surface area contributed by atoms with Gasteiger partial charge in [0.1, 0.15) is 5.69 Å². The van der Waals surface area contributed by atoms with Crippen molar-refractivity contribution in [2.75, 3.05) is 24.9 Å². The molecule has 2 aromatic carbocycles. The van der Waals surface area contributed by atoms with E-state index in [9.17, 15) is 4.79 Å². The quantitative estimate of drug-likeness (QED) is 0.646.